The third-order valence-electron chi connectivity index (χ3n) is 2.67. The number of halogens is 1. The maximum absolute atomic E-state index is 11.3. The van der Waals surface area contributed by atoms with Gasteiger partial charge in [-0.15, -0.1) is 0 Å². The molecule has 0 bridgehead atoms. The standard InChI is InChI=1S/C14H12BrNO4/c1-8-5-6-16-13(12(8)15)20-11-4-3-9(19-2)7-10(11)14(17)18/h3-7H,1-2H3,(H,17,18). The van der Waals surface area contributed by atoms with Crippen LogP contribution >= 0.6 is 15.9 Å². The third-order valence-corrected chi connectivity index (χ3v) is 3.64. The Morgan fingerprint density at radius 3 is 2.75 bits per heavy atom. The number of aromatic nitrogens is 1. The largest absolute Gasteiger partial charge is 0.497 e. The number of rotatable bonds is 4. The average molecular weight is 338 g/mol. The maximum atomic E-state index is 11.3. The summed E-state index contributed by atoms with van der Waals surface area (Å²) in [7, 11) is 1.47. The van der Waals surface area contributed by atoms with Crippen LogP contribution in [0.25, 0.3) is 0 Å². The first kappa shape index (κ1) is 14.3. The summed E-state index contributed by atoms with van der Waals surface area (Å²) in [5.74, 6) is -0.122. The monoisotopic (exact) mass is 337 g/mol. The predicted octanol–water partition coefficient (Wildman–Crippen LogP) is 3.65. The molecule has 0 spiro atoms. The highest BCUT2D eigenvalue weighted by Gasteiger charge is 2.15. The maximum Gasteiger partial charge on any atom is 0.339 e. The number of carboxylic acids is 1. The summed E-state index contributed by atoms with van der Waals surface area (Å²) in [6.45, 7) is 1.89. The van der Waals surface area contributed by atoms with Crippen molar-refractivity contribution in [2.24, 2.45) is 0 Å². The zero-order chi connectivity index (χ0) is 14.7. The molecule has 2 aromatic rings. The molecule has 0 saturated heterocycles. The first-order valence-electron chi connectivity index (χ1n) is 5.73. The number of carboxylic acid groups (broad SMARTS) is 1. The van der Waals surface area contributed by atoms with E-state index in [-0.39, 0.29) is 11.3 Å². The van der Waals surface area contributed by atoms with E-state index in [1.807, 2.05) is 13.0 Å². The summed E-state index contributed by atoms with van der Waals surface area (Å²) in [5, 5.41) is 9.22. The van der Waals surface area contributed by atoms with Crippen LogP contribution in [0.15, 0.2) is 34.9 Å². The Bertz CT molecular complexity index is 658. The fourth-order valence-corrected chi connectivity index (χ4v) is 1.90. The summed E-state index contributed by atoms with van der Waals surface area (Å²) < 4.78 is 11.3. The molecule has 0 fully saturated rings. The van der Waals surface area contributed by atoms with Gasteiger partial charge in [-0.25, -0.2) is 9.78 Å². The smallest absolute Gasteiger partial charge is 0.339 e. The fourth-order valence-electron chi connectivity index (χ4n) is 1.58. The topological polar surface area (TPSA) is 68.7 Å². The lowest BCUT2D eigenvalue weighted by atomic mass is 10.2. The Balaban J connectivity index is 2.43. The van der Waals surface area contributed by atoms with Crippen LogP contribution in [0.4, 0.5) is 0 Å². The number of carbonyl (C=O) groups is 1. The van der Waals surface area contributed by atoms with Crippen molar-refractivity contribution in [2.75, 3.05) is 7.11 Å². The van der Waals surface area contributed by atoms with Gasteiger partial charge in [0.1, 0.15) is 17.1 Å². The molecule has 0 saturated carbocycles. The van der Waals surface area contributed by atoms with Crippen molar-refractivity contribution in [3.8, 4) is 17.4 Å². The van der Waals surface area contributed by atoms with Gasteiger partial charge in [-0.1, -0.05) is 0 Å². The minimum Gasteiger partial charge on any atom is -0.497 e. The number of aromatic carboxylic acids is 1. The highest BCUT2D eigenvalue weighted by molar-refractivity contribution is 9.10. The van der Waals surface area contributed by atoms with E-state index >= 15 is 0 Å². The van der Waals surface area contributed by atoms with Gasteiger partial charge in [0.2, 0.25) is 5.88 Å². The first-order valence-corrected chi connectivity index (χ1v) is 6.52. The Labute approximate surface area is 124 Å². The number of hydrogen-bond donors (Lipinski definition) is 1. The molecule has 0 aliphatic rings. The van der Waals surface area contributed by atoms with Crippen molar-refractivity contribution in [1.82, 2.24) is 4.98 Å². The lowest BCUT2D eigenvalue weighted by Crippen LogP contribution is -2.02. The Hall–Kier alpha value is -2.08. The molecule has 1 N–H and O–H groups in total. The minimum absolute atomic E-state index is 0.0135. The summed E-state index contributed by atoms with van der Waals surface area (Å²) in [6.07, 6.45) is 1.60. The van der Waals surface area contributed by atoms with Gasteiger partial charge >= 0.3 is 5.97 Å². The predicted molar refractivity (Wildman–Crippen MR) is 76.7 cm³/mol. The van der Waals surface area contributed by atoms with Crippen LogP contribution in [-0.2, 0) is 0 Å². The van der Waals surface area contributed by atoms with Crippen molar-refractivity contribution in [3.05, 3.63) is 46.1 Å². The molecule has 0 unspecified atom stereocenters. The lowest BCUT2D eigenvalue weighted by molar-refractivity contribution is 0.0693. The van der Waals surface area contributed by atoms with E-state index in [0.717, 1.165) is 5.56 Å². The van der Waals surface area contributed by atoms with E-state index in [1.165, 1.54) is 13.2 Å². The normalized spacial score (nSPS) is 10.2. The fraction of sp³-hybridized carbons (Fsp3) is 0.143. The zero-order valence-electron chi connectivity index (χ0n) is 10.9. The number of pyridine rings is 1. The summed E-state index contributed by atoms with van der Waals surface area (Å²) in [6, 6.07) is 6.40. The molecule has 0 atom stereocenters. The number of benzene rings is 1. The molecule has 5 nitrogen and oxygen atoms in total. The molecule has 2 rings (SSSR count). The highest BCUT2D eigenvalue weighted by atomic mass is 79.9. The molecular formula is C14H12BrNO4. The van der Waals surface area contributed by atoms with Gasteiger partial charge in [0.25, 0.3) is 0 Å². The molecule has 1 aromatic carbocycles. The van der Waals surface area contributed by atoms with Crippen molar-refractivity contribution < 1.29 is 19.4 Å². The van der Waals surface area contributed by atoms with E-state index in [2.05, 4.69) is 20.9 Å². The van der Waals surface area contributed by atoms with Crippen molar-refractivity contribution >= 4 is 21.9 Å². The van der Waals surface area contributed by atoms with Gasteiger partial charge < -0.3 is 14.6 Å². The second-order valence-electron chi connectivity index (χ2n) is 4.02. The number of ether oxygens (including phenoxy) is 2. The molecule has 0 amide bonds. The molecule has 20 heavy (non-hydrogen) atoms. The van der Waals surface area contributed by atoms with Crippen LogP contribution in [0.2, 0.25) is 0 Å². The lowest BCUT2D eigenvalue weighted by Gasteiger charge is -2.11. The van der Waals surface area contributed by atoms with E-state index < -0.39 is 5.97 Å². The average Bonchev–Trinajstić information content (AvgIpc) is 2.44. The van der Waals surface area contributed by atoms with Gasteiger partial charge in [-0.3, -0.25) is 0 Å². The van der Waals surface area contributed by atoms with Crippen molar-refractivity contribution in [2.45, 2.75) is 6.92 Å². The summed E-state index contributed by atoms with van der Waals surface area (Å²) >= 11 is 3.37. The number of nitrogens with zero attached hydrogens (tertiary/aromatic N) is 1. The molecule has 104 valence electrons. The van der Waals surface area contributed by atoms with E-state index in [0.29, 0.717) is 16.1 Å². The number of hydrogen-bond acceptors (Lipinski definition) is 4. The van der Waals surface area contributed by atoms with Crippen LogP contribution in [-0.4, -0.2) is 23.2 Å². The van der Waals surface area contributed by atoms with Crippen LogP contribution in [0.1, 0.15) is 15.9 Å². The molecule has 1 heterocycles. The van der Waals surface area contributed by atoms with E-state index in [4.69, 9.17) is 9.47 Å². The van der Waals surface area contributed by atoms with Crippen LogP contribution in [0.5, 0.6) is 17.4 Å². The van der Waals surface area contributed by atoms with Crippen LogP contribution in [0.3, 0.4) is 0 Å². The van der Waals surface area contributed by atoms with Crippen molar-refractivity contribution in [1.29, 1.82) is 0 Å². The van der Waals surface area contributed by atoms with E-state index in [1.54, 1.807) is 18.3 Å². The summed E-state index contributed by atoms with van der Waals surface area (Å²) in [5.41, 5.74) is 0.958. The van der Waals surface area contributed by atoms with Crippen molar-refractivity contribution in [3.63, 3.8) is 0 Å². The van der Waals surface area contributed by atoms with Gasteiger partial charge in [0, 0.05) is 6.20 Å². The van der Waals surface area contributed by atoms with Gasteiger partial charge in [0.15, 0.2) is 0 Å². The minimum atomic E-state index is -1.09. The summed E-state index contributed by atoms with van der Waals surface area (Å²) in [4.78, 5) is 15.3. The molecule has 1 aromatic heterocycles. The SMILES string of the molecule is COc1ccc(Oc2nccc(C)c2Br)c(C(=O)O)c1. The van der Waals surface area contributed by atoms with E-state index in [9.17, 15) is 9.90 Å². The van der Waals surface area contributed by atoms with Gasteiger partial charge in [-0.05, 0) is 52.7 Å². The molecule has 0 aliphatic carbocycles. The number of aryl methyl sites for hydroxylation is 1. The Morgan fingerprint density at radius 2 is 2.10 bits per heavy atom. The van der Waals surface area contributed by atoms with Crippen LogP contribution in [0, 0.1) is 6.92 Å². The molecule has 0 aliphatic heterocycles. The number of methoxy groups -OCH3 is 1. The Morgan fingerprint density at radius 1 is 1.35 bits per heavy atom. The second kappa shape index (κ2) is 5.92. The highest BCUT2D eigenvalue weighted by Crippen LogP contribution is 2.33. The first-order chi connectivity index (χ1) is 9.52. The van der Waals surface area contributed by atoms with Crippen LogP contribution < -0.4 is 9.47 Å². The molecule has 6 heteroatoms. The quantitative estimate of drug-likeness (QED) is 0.922. The van der Waals surface area contributed by atoms with Gasteiger partial charge in [-0.2, -0.15) is 0 Å². The van der Waals surface area contributed by atoms with Gasteiger partial charge in [0.05, 0.1) is 11.6 Å². The zero-order valence-corrected chi connectivity index (χ0v) is 12.5. The molecular weight excluding hydrogens is 326 g/mol. The molecule has 0 radical (unpaired) electrons. The Kier molecular flexibility index (Phi) is 4.24. The third kappa shape index (κ3) is 2.91. The second-order valence-corrected chi connectivity index (χ2v) is 4.81.